The summed E-state index contributed by atoms with van der Waals surface area (Å²) >= 11 is 3.46. The summed E-state index contributed by atoms with van der Waals surface area (Å²) in [6.07, 6.45) is 6.10. The number of benzene rings is 2. The zero-order valence-corrected chi connectivity index (χ0v) is 15.9. The summed E-state index contributed by atoms with van der Waals surface area (Å²) in [5, 5.41) is 11.9. The predicted octanol–water partition coefficient (Wildman–Crippen LogP) is 4.56. The minimum Gasteiger partial charge on any atom is -0.376 e. The van der Waals surface area contributed by atoms with Gasteiger partial charge in [0.1, 0.15) is 5.60 Å². The molecule has 0 radical (unpaired) electrons. The van der Waals surface area contributed by atoms with Crippen molar-refractivity contribution in [2.24, 2.45) is 0 Å². The average molecular weight is 401 g/mol. The van der Waals surface area contributed by atoms with Crippen LogP contribution in [0.5, 0.6) is 0 Å². The van der Waals surface area contributed by atoms with E-state index in [4.69, 9.17) is 9.47 Å². The fourth-order valence-corrected chi connectivity index (χ4v) is 3.48. The molecule has 0 amide bonds. The van der Waals surface area contributed by atoms with E-state index >= 15 is 0 Å². The summed E-state index contributed by atoms with van der Waals surface area (Å²) in [5.41, 5.74) is 1.14. The van der Waals surface area contributed by atoms with E-state index in [0.717, 1.165) is 21.2 Å². The minimum atomic E-state index is -1.27. The zero-order valence-electron chi connectivity index (χ0n) is 14.3. The summed E-state index contributed by atoms with van der Waals surface area (Å²) in [6, 6.07) is 17.4. The summed E-state index contributed by atoms with van der Waals surface area (Å²) < 4.78 is 12.1. The molecular weight excluding hydrogens is 380 g/mol. The first-order chi connectivity index (χ1) is 12.0. The predicted molar refractivity (Wildman–Crippen MR) is 102 cm³/mol. The Morgan fingerprint density at radius 3 is 2.16 bits per heavy atom. The van der Waals surface area contributed by atoms with E-state index in [1.165, 1.54) is 0 Å². The van der Waals surface area contributed by atoms with Crippen molar-refractivity contribution in [3.63, 3.8) is 0 Å². The Kier molecular flexibility index (Phi) is 5.25. The number of allylic oxidation sites excluding steroid dienone is 2. The van der Waals surface area contributed by atoms with Gasteiger partial charge in [-0.3, -0.25) is 0 Å². The van der Waals surface area contributed by atoms with Crippen LogP contribution in [0.1, 0.15) is 17.5 Å². The van der Waals surface area contributed by atoms with Gasteiger partial charge in [-0.2, -0.15) is 0 Å². The summed E-state index contributed by atoms with van der Waals surface area (Å²) in [4.78, 5) is 0. The molecule has 0 aromatic heterocycles. The first-order valence-corrected chi connectivity index (χ1v) is 8.86. The van der Waals surface area contributed by atoms with Crippen LogP contribution in [-0.2, 0) is 15.1 Å². The Balaban J connectivity index is 2.14. The van der Waals surface area contributed by atoms with Gasteiger partial charge in [0.2, 0.25) is 0 Å². The third kappa shape index (κ3) is 3.35. The summed E-state index contributed by atoms with van der Waals surface area (Å²) in [6.45, 7) is 0. The lowest BCUT2D eigenvalue weighted by atomic mass is 9.76. The number of hydrogen-bond donors (Lipinski definition) is 1. The lowest BCUT2D eigenvalue weighted by Gasteiger charge is -2.38. The van der Waals surface area contributed by atoms with Gasteiger partial charge >= 0.3 is 0 Å². The summed E-state index contributed by atoms with van der Waals surface area (Å²) in [5.74, 6) is -0.873. The fourth-order valence-electron chi connectivity index (χ4n) is 3.21. The Hall–Kier alpha value is -1.72. The Morgan fingerprint density at radius 1 is 0.960 bits per heavy atom. The van der Waals surface area contributed by atoms with Crippen molar-refractivity contribution >= 4 is 15.9 Å². The van der Waals surface area contributed by atoms with Gasteiger partial charge in [0.15, 0.2) is 5.79 Å². The van der Waals surface area contributed by atoms with Crippen LogP contribution < -0.4 is 0 Å². The van der Waals surface area contributed by atoms with Gasteiger partial charge < -0.3 is 14.6 Å². The van der Waals surface area contributed by atoms with Crippen LogP contribution >= 0.6 is 15.9 Å². The van der Waals surface area contributed by atoms with Crippen molar-refractivity contribution in [1.82, 2.24) is 0 Å². The molecule has 2 aromatic carbocycles. The normalized spacial score (nSPS) is 18.5. The Bertz CT molecular complexity index is 777. The molecule has 130 valence electrons. The summed E-state index contributed by atoms with van der Waals surface area (Å²) in [7, 11) is 3.22. The monoisotopic (exact) mass is 400 g/mol. The molecular formula is C21H21BrO3. The number of hydrogen-bond acceptors (Lipinski definition) is 3. The van der Waals surface area contributed by atoms with E-state index in [0.29, 0.717) is 6.42 Å². The van der Waals surface area contributed by atoms with E-state index < -0.39 is 11.4 Å². The molecule has 0 saturated heterocycles. The average Bonchev–Trinajstić information content (AvgIpc) is 2.68. The van der Waals surface area contributed by atoms with Gasteiger partial charge in [-0.15, -0.1) is 0 Å². The van der Waals surface area contributed by atoms with Crippen LogP contribution in [0.3, 0.4) is 0 Å². The largest absolute Gasteiger partial charge is 0.376 e. The SMILES string of the molecule is COC1(OC)C=CC=C([C@@](O)(c2ccccc2)c2ccc(Br)cc2)C1. The molecule has 0 spiro atoms. The lowest BCUT2D eigenvalue weighted by Crippen LogP contribution is -2.39. The van der Waals surface area contributed by atoms with E-state index in [2.05, 4.69) is 15.9 Å². The number of rotatable bonds is 5. The second kappa shape index (κ2) is 7.26. The second-order valence-corrected chi connectivity index (χ2v) is 6.95. The maximum atomic E-state index is 11.9. The van der Waals surface area contributed by atoms with E-state index in [1.807, 2.05) is 72.8 Å². The number of methoxy groups -OCH3 is 2. The molecule has 1 atom stereocenters. The van der Waals surface area contributed by atoms with Gasteiger partial charge in [0, 0.05) is 25.1 Å². The molecule has 3 nitrogen and oxygen atoms in total. The minimum absolute atomic E-state index is 0.429. The molecule has 0 bridgehead atoms. The molecule has 1 aliphatic rings. The topological polar surface area (TPSA) is 38.7 Å². The molecule has 4 heteroatoms. The number of aliphatic hydroxyl groups is 1. The van der Waals surface area contributed by atoms with Crippen LogP contribution in [0.15, 0.2) is 82.9 Å². The fraction of sp³-hybridized carbons (Fsp3) is 0.238. The quantitative estimate of drug-likeness (QED) is 0.747. The number of ether oxygens (including phenoxy) is 2. The van der Waals surface area contributed by atoms with Gasteiger partial charge in [-0.05, 0) is 34.9 Å². The first-order valence-electron chi connectivity index (χ1n) is 8.07. The highest BCUT2D eigenvalue weighted by molar-refractivity contribution is 9.10. The Morgan fingerprint density at radius 2 is 1.56 bits per heavy atom. The maximum absolute atomic E-state index is 11.9. The van der Waals surface area contributed by atoms with Crippen LogP contribution in [0.4, 0.5) is 0 Å². The molecule has 0 unspecified atom stereocenters. The molecule has 2 aromatic rings. The molecule has 0 saturated carbocycles. The first kappa shape index (κ1) is 18.1. The highest BCUT2D eigenvalue weighted by Gasteiger charge is 2.41. The molecule has 0 aliphatic heterocycles. The highest BCUT2D eigenvalue weighted by Crippen LogP contribution is 2.43. The van der Waals surface area contributed by atoms with Gasteiger partial charge in [0.25, 0.3) is 0 Å². The molecule has 1 aliphatic carbocycles. The van der Waals surface area contributed by atoms with E-state index in [-0.39, 0.29) is 0 Å². The molecule has 25 heavy (non-hydrogen) atoms. The van der Waals surface area contributed by atoms with Crippen LogP contribution in [0.25, 0.3) is 0 Å². The smallest absolute Gasteiger partial charge is 0.191 e. The maximum Gasteiger partial charge on any atom is 0.191 e. The van der Waals surface area contributed by atoms with Gasteiger partial charge in [-0.1, -0.05) is 70.5 Å². The third-order valence-corrected chi connectivity index (χ3v) is 5.22. The standard InChI is InChI=1S/C21H21BrO3/c1-24-20(25-2)14-6-9-18(15-20)21(23,16-7-4-3-5-8-16)17-10-12-19(22)13-11-17/h3-14,23H,15H2,1-2H3/t21-/m1/s1. The second-order valence-electron chi connectivity index (χ2n) is 6.03. The van der Waals surface area contributed by atoms with Crippen LogP contribution in [0, 0.1) is 0 Å². The van der Waals surface area contributed by atoms with E-state index in [9.17, 15) is 5.11 Å². The zero-order chi connectivity index (χ0) is 17.9. The van der Waals surface area contributed by atoms with Crippen LogP contribution in [-0.4, -0.2) is 25.1 Å². The van der Waals surface area contributed by atoms with Crippen molar-refractivity contribution in [2.45, 2.75) is 17.8 Å². The van der Waals surface area contributed by atoms with Crippen molar-refractivity contribution in [1.29, 1.82) is 0 Å². The van der Waals surface area contributed by atoms with E-state index in [1.54, 1.807) is 14.2 Å². The van der Waals surface area contributed by atoms with Gasteiger partial charge in [-0.25, -0.2) is 0 Å². The van der Waals surface area contributed by atoms with Crippen molar-refractivity contribution < 1.29 is 14.6 Å². The lowest BCUT2D eigenvalue weighted by molar-refractivity contribution is -0.172. The van der Waals surface area contributed by atoms with Gasteiger partial charge in [0.05, 0.1) is 0 Å². The van der Waals surface area contributed by atoms with Crippen LogP contribution in [0.2, 0.25) is 0 Å². The molecule has 0 fully saturated rings. The number of halogens is 1. The Labute approximate surface area is 156 Å². The van der Waals surface area contributed by atoms with Crippen molar-refractivity contribution in [3.8, 4) is 0 Å². The molecule has 3 rings (SSSR count). The molecule has 1 N–H and O–H groups in total. The highest BCUT2D eigenvalue weighted by atomic mass is 79.9. The molecule has 0 heterocycles. The third-order valence-electron chi connectivity index (χ3n) is 4.69. The van der Waals surface area contributed by atoms with Crippen molar-refractivity contribution in [2.75, 3.05) is 14.2 Å². The van der Waals surface area contributed by atoms with Crippen molar-refractivity contribution in [3.05, 3.63) is 94.0 Å².